The molecule has 10 heteroatoms. The number of aromatic carboxylic acids is 1. The monoisotopic (exact) mass is 481 g/mol. The summed E-state index contributed by atoms with van der Waals surface area (Å²) in [5, 5.41) is 13.1. The zero-order valence-electron chi connectivity index (χ0n) is 18.5. The Morgan fingerprint density at radius 3 is 2.41 bits per heavy atom. The van der Waals surface area contributed by atoms with Gasteiger partial charge in [-0.05, 0) is 42.8 Å². The summed E-state index contributed by atoms with van der Waals surface area (Å²) in [6, 6.07) is 18.9. The van der Waals surface area contributed by atoms with E-state index in [2.05, 4.69) is 10.5 Å². The minimum atomic E-state index is -4.13. The number of carbonyl (C=O) groups excluding carboxylic acids is 1. The molecule has 0 radical (unpaired) electrons. The van der Waals surface area contributed by atoms with Crippen molar-refractivity contribution in [2.75, 3.05) is 18.0 Å². The van der Waals surface area contributed by atoms with E-state index in [0.29, 0.717) is 0 Å². The van der Waals surface area contributed by atoms with E-state index >= 15 is 0 Å². The lowest BCUT2D eigenvalue weighted by Crippen LogP contribution is -2.39. The van der Waals surface area contributed by atoms with Crippen LogP contribution in [-0.2, 0) is 14.8 Å². The van der Waals surface area contributed by atoms with Crippen LogP contribution in [0.2, 0.25) is 0 Å². The van der Waals surface area contributed by atoms with Gasteiger partial charge in [0.25, 0.3) is 15.9 Å². The van der Waals surface area contributed by atoms with E-state index in [1.54, 1.807) is 55.5 Å². The maximum absolute atomic E-state index is 13.4. The fraction of sp³-hybridized carbons (Fsp3) is 0.125. The molecular formula is C24H23N3O6S. The second-order valence-corrected chi connectivity index (χ2v) is 9.05. The van der Waals surface area contributed by atoms with E-state index in [9.17, 15) is 23.1 Å². The molecule has 34 heavy (non-hydrogen) atoms. The number of carbonyl (C=O) groups is 2. The Bertz CT molecular complexity index is 1320. The Morgan fingerprint density at radius 2 is 1.74 bits per heavy atom. The minimum absolute atomic E-state index is 0.00486. The summed E-state index contributed by atoms with van der Waals surface area (Å²) in [6.45, 7) is 1.20. The molecule has 0 saturated carbocycles. The fourth-order valence-electron chi connectivity index (χ4n) is 3.16. The number of sulfonamides is 1. The van der Waals surface area contributed by atoms with Gasteiger partial charge >= 0.3 is 5.97 Å². The molecule has 0 atom stereocenters. The van der Waals surface area contributed by atoms with Crippen LogP contribution >= 0.6 is 0 Å². The van der Waals surface area contributed by atoms with Gasteiger partial charge in [0.15, 0.2) is 0 Å². The van der Waals surface area contributed by atoms with Crippen molar-refractivity contribution in [3.8, 4) is 5.75 Å². The van der Waals surface area contributed by atoms with Gasteiger partial charge in [-0.3, -0.25) is 9.10 Å². The van der Waals surface area contributed by atoms with Crippen molar-refractivity contribution in [1.29, 1.82) is 0 Å². The number of aryl methyl sites for hydroxylation is 1. The van der Waals surface area contributed by atoms with Crippen molar-refractivity contribution in [1.82, 2.24) is 5.43 Å². The third kappa shape index (κ3) is 5.59. The van der Waals surface area contributed by atoms with Crippen LogP contribution in [0.1, 0.15) is 21.5 Å². The van der Waals surface area contributed by atoms with E-state index in [1.807, 2.05) is 0 Å². The molecule has 0 aliphatic rings. The molecule has 0 saturated heterocycles. The molecule has 0 aliphatic carbocycles. The van der Waals surface area contributed by atoms with E-state index in [1.165, 1.54) is 37.6 Å². The summed E-state index contributed by atoms with van der Waals surface area (Å²) >= 11 is 0. The third-order valence-corrected chi connectivity index (χ3v) is 6.58. The molecular weight excluding hydrogens is 458 g/mol. The number of carboxylic acids is 1. The summed E-state index contributed by atoms with van der Waals surface area (Å²) in [4.78, 5) is 24.0. The van der Waals surface area contributed by atoms with Crippen LogP contribution in [0, 0.1) is 6.92 Å². The number of anilines is 1. The quantitative estimate of drug-likeness (QED) is 0.357. The number of nitrogens with one attached hydrogen (secondary N) is 1. The summed E-state index contributed by atoms with van der Waals surface area (Å²) < 4.78 is 33.2. The number of ether oxygens (including phenoxy) is 1. The first-order valence-corrected chi connectivity index (χ1v) is 11.5. The van der Waals surface area contributed by atoms with Crippen LogP contribution in [-0.4, -0.2) is 45.3 Å². The largest absolute Gasteiger partial charge is 0.495 e. The van der Waals surface area contributed by atoms with Crippen LogP contribution in [0.3, 0.4) is 0 Å². The Hall–Kier alpha value is -4.18. The number of amides is 1. The third-order valence-electron chi connectivity index (χ3n) is 4.81. The van der Waals surface area contributed by atoms with Gasteiger partial charge in [-0.2, -0.15) is 5.10 Å². The van der Waals surface area contributed by atoms with Crippen molar-refractivity contribution in [2.45, 2.75) is 11.8 Å². The fourth-order valence-corrected chi connectivity index (χ4v) is 4.60. The van der Waals surface area contributed by atoms with E-state index < -0.39 is 28.4 Å². The van der Waals surface area contributed by atoms with Crippen molar-refractivity contribution < 1.29 is 27.9 Å². The zero-order chi connectivity index (χ0) is 24.7. The summed E-state index contributed by atoms with van der Waals surface area (Å²) in [6.07, 6.45) is 1.19. The van der Waals surface area contributed by atoms with E-state index in [0.717, 1.165) is 9.87 Å². The number of rotatable bonds is 9. The maximum atomic E-state index is 13.4. The number of hydrogen-bond donors (Lipinski definition) is 2. The number of benzene rings is 3. The normalized spacial score (nSPS) is 11.2. The summed E-state index contributed by atoms with van der Waals surface area (Å²) in [5.74, 6) is -1.59. The van der Waals surface area contributed by atoms with E-state index in [-0.39, 0.29) is 27.5 Å². The van der Waals surface area contributed by atoms with Crippen LogP contribution < -0.4 is 14.5 Å². The minimum Gasteiger partial charge on any atom is -0.495 e. The number of nitrogens with zero attached hydrogens (tertiary/aromatic N) is 2. The first kappa shape index (κ1) is 24.5. The first-order chi connectivity index (χ1) is 16.2. The van der Waals surface area contributed by atoms with Crippen LogP contribution in [0.4, 0.5) is 5.69 Å². The lowest BCUT2D eigenvalue weighted by molar-refractivity contribution is -0.119. The molecule has 0 fully saturated rings. The number of methoxy groups -OCH3 is 1. The van der Waals surface area contributed by atoms with E-state index in [4.69, 9.17) is 4.74 Å². The van der Waals surface area contributed by atoms with Gasteiger partial charge in [0.2, 0.25) is 0 Å². The molecule has 3 aromatic rings. The Labute approximate surface area is 197 Å². The summed E-state index contributed by atoms with van der Waals surface area (Å²) in [5.41, 5.74) is 3.53. The van der Waals surface area contributed by atoms with Crippen LogP contribution in [0.25, 0.3) is 0 Å². The topological polar surface area (TPSA) is 125 Å². The molecule has 0 heterocycles. The molecule has 9 nitrogen and oxygen atoms in total. The smallest absolute Gasteiger partial charge is 0.336 e. The van der Waals surface area contributed by atoms with Gasteiger partial charge in [0.1, 0.15) is 12.3 Å². The highest BCUT2D eigenvalue weighted by Gasteiger charge is 2.29. The standard InChI is InChI=1S/C24H23N3O6S/c1-17-12-13-22(33-2)21(14-17)27(34(31,32)19-9-4-3-5-10-19)16-23(28)26-25-15-18-8-6-7-11-20(18)24(29)30/h3-15H,16H2,1-2H3,(H,26,28)(H,29,30). The lowest BCUT2D eigenvalue weighted by atomic mass is 10.1. The number of hydrazone groups is 1. The van der Waals surface area contributed by atoms with Gasteiger partial charge in [0, 0.05) is 5.56 Å². The average molecular weight is 482 g/mol. The molecule has 0 unspecified atom stereocenters. The molecule has 176 valence electrons. The second-order valence-electron chi connectivity index (χ2n) is 7.19. The molecule has 3 rings (SSSR count). The van der Waals surface area contributed by atoms with Crippen molar-refractivity contribution >= 4 is 33.8 Å². The Kier molecular flexibility index (Phi) is 7.64. The SMILES string of the molecule is COc1ccc(C)cc1N(CC(=O)NN=Cc1ccccc1C(=O)O)S(=O)(=O)c1ccccc1. The van der Waals surface area contributed by atoms with Gasteiger partial charge in [-0.15, -0.1) is 0 Å². The van der Waals surface area contributed by atoms with Crippen LogP contribution in [0.15, 0.2) is 82.8 Å². The Balaban J connectivity index is 1.92. The van der Waals surface area contributed by atoms with Gasteiger partial charge in [-0.1, -0.05) is 42.5 Å². The highest BCUT2D eigenvalue weighted by molar-refractivity contribution is 7.92. The molecule has 3 aromatic carbocycles. The molecule has 1 amide bonds. The van der Waals surface area contributed by atoms with Crippen molar-refractivity contribution in [2.24, 2.45) is 5.10 Å². The predicted octanol–water partition coefficient (Wildman–Crippen LogP) is 3.05. The Morgan fingerprint density at radius 1 is 1.06 bits per heavy atom. The highest BCUT2D eigenvalue weighted by atomic mass is 32.2. The first-order valence-electron chi connectivity index (χ1n) is 10.1. The predicted molar refractivity (Wildman–Crippen MR) is 128 cm³/mol. The maximum Gasteiger partial charge on any atom is 0.336 e. The zero-order valence-corrected chi connectivity index (χ0v) is 19.3. The molecule has 0 bridgehead atoms. The number of hydrogen-bond acceptors (Lipinski definition) is 6. The molecule has 0 aromatic heterocycles. The van der Waals surface area contributed by atoms with Crippen molar-refractivity contribution in [3.05, 3.63) is 89.5 Å². The number of carboxylic acid groups (broad SMARTS) is 1. The van der Waals surface area contributed by atoms with Crippen molar-refractivity contribution in [3.63, 3.8) is 0 Å². The second kappa shape index (κ2) is 10.6. The average Bonchev–Trinajstić information content (AvgIpc) is 2.83. The van der Waals surface area contributed by atoms with Gasteiger partial charge in [-0.25, -0.2) is 18.6 Å². The lowest BCUT2D eigenvalue weighted by Gasteiger charge is -2.25. The van der Waals surface area contributed by atoms with Gasteiger partial charge < -0.3 is 9.84 Å². The highest BCUT2D eigenvalue weighted by Crippen LogP contribution is 2.33. The summed E-state index contributed by atoms with van der Waals surface area (Å²) in [7, 11) is -2.72. The molecule has 2 N–H and O–H groups in total. The van der Waals surface area contributed by atoms with Gasteiger partial charge in [0.05, 0.1) is 29.5 Å². The molecule has 0 spiro atoms. The molecule has 0 aliphatic heterocycles. The van der Waals surface area contributed by atoms with Crippen LogP contribution in [0.5, 0.6) is 5.75 Å².